The molecule has 2 atom stereocenters. The first kappa shape index (κ1) is 14.3. The van der Waals surface area contributed by atoms with Crippen molar-refractivity contribution >= 4 is 23.4 Å². The molecule has 1 aliphatic rings. The molecule has 6 heteroatoms. The first-order valence-electron chi connectivity index (χ1n) is 6.81. The highest BCUT2D eigenvalue weighted by Gasteiger charge is 2.25. The summed E-state index contributed by atoms with van der Waals surface area (Å²) in [6.45, 7) is 7.27. The van der Waals surface area contributed by atoms with E-state index in [-0.39, 0.29) is 0 Å². The molecule has 0 aliphatic carbocycles. The lowest BCUT2D eigenvalue weighted by atomic mass is 9.94. The second kappa shape index (κ2) is 6.39. The lowest BCUT2D eigenvalue weighted by molar-refractivity contribution is 0.206. The van der Waals surface area contributed by atoms with Gasteiger partial charge < -0.3 is 15.5 Å². The van der Waals surface area contributed by atoms with Crippen LogP contribution in [0.4, 0.5) is 11.8 Å². The van der Waals surface area contributed by atoms with Gasteiger partial charge in [-0.1, -0.05) is 18.5 Å². The zero-order valence-corrected chi connectivity index (χ0v) is 12.5. The van der Waals surface area contributed by atoms with Crippen LogP contribution in [0.15, 0.2) is 6.20 Å². The maximum absolute atomic E-state index is 6.17. The Balaban J connectivity index is 2.07. The van der Waals surface area contributed by atoms with Crippen molar-refractivity contribution in [2.45, 2.75) is 26.3 Å². The van der Waals surface area contributed by atoms with Crippen LogP contribution < -0.4 is 10.6 Å². The summed E-state index contributed by atoms with van der Waals surface area (Å²) < 4.78 is 0. The number of hydrogen-bond donors (Lipinski definition) is 2. The smallest absolute Gasteiger partial charge is 0.224 e. The highest BCUT2D eigenvalue weighted by Crippen LogP contribution is 2.24. The SMILES string of the molecule is CCNc1ncc(Cl)c(NC2CCN(C)CC2C)n1. The largest absolute Gasteiger partial charge is 0.366 e. The summed E-state index contributed by atoms with van der Waals surface area (Å²) in [5.74, 6) is 1.93. The van der Waals surface area contributed by atoms with E-state index in [1.807, 2.05) is 6.92 Å². The summed E-state index contributed by atoms with van der Waals surface area (Å²) in [6, 6.07) is 0.415. The predicted octanol–water partition coefficient (Wildman–Crippen LogP) is 2.31. The van der Waals surface area contributed by atoms with Gasteiger partial charge in [0, 0.05) is 19.1 Å². The second-order valence-corrected chi connectivity index (χ2v) is 5.61. The van der Waals surface area contributed by atoms with Gasteiger partial charge in [0.2, 0.25) is 5.95 Å². The van der Waals surface area contributed by atoms with Gasteiger partial charge in [0.1, 0.15) is 5.02 Å². The number of nitrogens with one attached hydrogen (secondary N) is 2. The van der Waals surface area contributed by atoms with Crippen LogP contribution >= 0.6 is 11.6 Å². The average Bonchev–Trinajstić information content (AvgIpc) is 2.37. The fraction of sp³-hybridized carbons (Fsp3) is 0.692. The lowest BCUT2D eigenvalue weighted by Gasteiger charge is -2.35. The van der Waals surface area contributed by atoms with E-state index in [9.17, 15) is 0 Å². The number of likely N-dealkylation sites (tertiary alicyclic amines) is 1. The molecule has 2 heterocycles. The molecule has 0 radical (unpaired) electrons. The number of halogens is 1. The fourth-order valence-electron chi connectivity index (χ4n) is 2.46. The molecule has 2 unspecified atom stereocenters. The zero-order chi connectivity index (χ0) is 13.8. The molecule has 1 aromatic heterocycles. The van der Waals surface area contributed by atoms with Gasteiger partial charge in [0.25, 0.3) is 0 Å². The third kappa shape index (κ3) is 3.70. The molecule has 0 spiro atoms. The minimum atomic E-state index is 0.415. The maximum Gasteiger partial charge on any atom is 0.224 e. The predicted molar refractivity (Wildman–Crippen MR) is 79.9 cm³/mol. The van der Waals surface area contributed by atoms with Crippen LogP contribution in [0.25, 0.3) is 0 Å². The van der Waals surface area contributed by atoms with Crippen molar-refractivity contribution in [3.63, 3.8) is 0 Å². The van der Waals surface area contributed by atoms with Crippen LogP contribution in [-0.2, 0) is 0 Å². The molecular formula is C13H22ClN5. The maximum atomic E-state index is 6.17. The third-order valence-corrected chi connectivity index (χ3v) is 3.79. The molecule has 1 aromatic rings. The highest BCUT2D eigenvalue weighted by atomic mass is 35.5. The van der Waals surface area contributed by atoms with Gasteiger partial charge in [-0.05, 0) is 32.9 Å². The van der Waals surface area contributed by atoms with Gasteiger partial charge in [0.05, 0.1) is 6.20 Å². The summed E-state index contributed by atoms with van der Waals surface area (Å²) >= 11 is 6.17. The van der Waals surface area contributed by atoms with Crippen molar-refractivity contribution in [1.29, 1.82) is 0 Å². The molecule has 1 saturated heterocycles. The number of anilines is 2. The van der Waals surface area contributed by atoms with Crippen molar-refractivity contribution < 1.29 is 0 Å². The molecule has 19 heavy (non-hydrogen) atoms. The fourth-order valence-corrected chi connectivity index (χ4v) is 2.60. The minimum Gasteiger partial charge on any atom is -0.366 e. The Kier molecular flexibility index (Phi) is 4.82. The van der Waals surface area contributed by atoms with Crippen molar-refractivity contribution in [2.24, 2.45) is 5.92 Å². The van der Waals surface area contributed by atoms with Crippen LogP contribution in [0.2, 0.25) is 5.02 Å². The van der Waals surface area contributed by atoms with Crippen LogP contribution in [0.1, 0.15) is 20.3 Å². The Hall–Kier alpha value is -1.07. The molecule has 2 rings (SSSR count). The Labute approximate surface area is 119 Å². The van der Waals surface area contributed by atoms with Gasteiger partial charge in [-0.3, -0.25) is 0 Å². The van der Waals surface area contributed by atoms with Crippen molar-refractivity contribution in [2.75, 3.05) is 37.3 Å². The number of piperidine rings is 1. The highest BCUT2D eigenvalue weighted by molar-refractivity contribution is 6.32. The second-order valence-electron chi connectivity index (χ2n) is 5.20. The average molecular weight is 284 g/mol. The summed E-state index contributed by atoms with van der Waals surface area (Å²) in [5, 5.41) is 7.15. The van der Waals surface area contributed by atoms with E-state index in [1.165, 1.54) is 0 Å². The number of aromatic nitrogens is 2. The van der Waals surface area contributed by atoms with Crippen LogP contribution in [0.5, 0.6) is 0 Å². The molecule has 0 saturated carbocycles. The number of hydrogen-bond acceptors (Lipinski definition) is 5. The standard InChI is InChI=1S/C13H22ClN5/c1-4-15-13-16-7-10(14)12(18-13)17-11-5-6-19(3)8-9(11)2/h7,9,11H,4-6,8H2,1-3H3,(H2,15,16,17,18). The Morgan fingerprint density at radius 1 is 1.53 bits per heavy atom. The topological polar surface area (TPSA) is 53.1 Å². The third-order valence-electron chi connectivity index (χ3n) is 3.51. The van der Waals surface area contributed by atoms with Gasteiger partial charge in [-0.2, -0.15) is 4.98 Å². The van der Waals surface area contributed by atoms with Crippen LogP contribution in [0, 0.1) is 5.92 Å². The van der Waals surface area contributed by atoms with Crippen molar-refractivity contribution in [3.8, 4) is 0 Å². The molecule has 0 aromatic carbocycles. The van der Waals surface area contributed by atoms with Crippen molar-refractivity contribution in [3.05, 3.63) is 11.2 Å². The van der Waals surface area contributed by atoms with E-state index in [0.717, 1.165) is 31.9 Å². The van der Waals surface area contributed by atoms with Gasteiger partial charge in [-0.25, -0.2) is 4.98 Å². The number of nitrogens with zero attached hydrogens (tertiary/aromatic N) is 3. The monoisotopic (exact) mass is 283 g/mol. The van der Waals surface area contributed by atoms with E-state index in [4.69, 9.17) is 11.6 Å². The quantitative estimate of drug-likeness (QED) is 0.888. The molecule has 1 fully saturated rings. The van der Waals surface area contributed by atoms with Crippen LogP contribution in [-0.4, -0.2) is 47.6 Å². The van der Waals surface area contributed by atoms with Gasteiger partial charge >= 0.3 is 0 Å². The Bertz CT molecular complexity index is 425. The Morgan fingerprint density at radius 3 is 3.00 bits per heavy atom. The minimum absolute atomic E-state index is 0.415. The normalized spacial score (nSPS) is 24.2. The van der Waals surface area contributed by atoms with E-state index >= 15 is 0 Å². The van der Waals surface area contributed by atoms with Crippen molar-refractivity contribution in [1.82, 2.24) is 14.9 Å². The van der Waals surface area contributed by atoms with E-state index in [0.29, 0.717) is 22.9 Å². The first-order valence-corrected chi connectivity index (χ1v) is 7.19. The zero-order valence-electron chi connectivity index (χ0n) is 11.8. The summed E-state index contributed by atoms with van der Waals surface area (Å²) in [6.07, 6.45) is 2.75. The molecule has 1 aliphatic heterocycles. The molecule has 0 amide bonds. The molecule has 2 N–H and O–H groups in total. The van der Waals surface area contributed by atoms with Gasteiger partial charge in [-0.15, -0.1) is 0 Å². The summed E-state index contributed by atoms with van der Waals surface area (Å²) in [5.41, 5.74) is 0. The number of rotatable bonds is 4. The van der Waals surface area contributed by atoms with Gasteiger partial charge in [0.15, 0.2) is 5.82 Å². The Morgan fingerprint density at radius 2 is 2.32 bits per heavy atom. The van der Waals surface area contributed by atoms with Crippen LogP contribution in [0.3, 0.4) is 0 Å². The molecular weight excluding hydrogens is 262 g/mol. The first-order chi connectivity index (χ1) is 9.10. The summed E-state index contributed by atoms with van der Waals surface area (Å²) in [4.78, 5) is 10.9. The lowest BCUT2D eigenvalue weighted by Crippen LogP contribution is -2.43. The molecule has 0 bridgehead atoms. The van der Waals surface area contributed by atoms with E-state index in [1.54, 1.807) is 6.20 Å². The molecule has 106 valence electrons. The van der Waals surface area contributed by atoms with E-state index in [2.05, 4.69) is 39.5 Å². The summed E-state index contributed by atoms with van der Waals surface area (Å²) in [7, 11) is 2.16. The molecule has 5 nitrogen and oxygen atoms in total. The van der Waals surface area contributed by atoms with E-state index < -0.39 is 0 Å².